The van der Waals surface area contributed by atoms with Gasteiger partial charge in [0.15, 0.2) is 0 Å². The zero-order valence-corrected chi connectivity index (χ0v) is 15.7. The molecule has 0 aliphatic rings. The highest BCUT2D eigenvalue weighted by atomic mass is 35.5. The maximum Gasteiger partial charge on any atom is -0.00188 e. The second-order valence-electron chi connectivity index (χ2n) is 5.52. The molecule has 1 aromatic carbocycles. The van der Waals surface area contributed by atoms with Crippen molar-refractivity contribution in [3.05, 3.63) is 42.5 Å². The lowest BCUT2D eigenvalue weighted by atomic mass is 10.2. The van der Waals surface area contributed by atoms with E-state index in [0.29, 0.717) is 0 Å². The molecule has 0 atom stereocenters. The normalized spacial score (nSPS) is 9.64. The third-order valence-electron chi connectivity index (χ3n) is 3.52. The van der Waals surface area contributed by atoms with Crippen molar-refractivity contribution in [2.24, 2.45) is 0 Å². The fourth-order valence-electron chi connectivity index (χ4n) is 2.07. The minimum atomic E-state index is 0. The van der Waals surface area contributed by atoms with Crippen molar-refractivity contribution in [1.82, 2.24) is 4.90 Å². The van der Waals surface area contributed by atoms with E-state index in [4.69, 9.17) is 0 Å². The van der Waals surface area contributed by atoms with Crippen molar-refractivity contribution in [2.75, 3.05) is 19.6 Å². The van der Waals surface area contributed by atoms with Crippen LogP contribution in [0, 0.1) is 0 Å². The van der Waals surface area contributed by atoms with Crippen LogP contribution in [0.5, 0.6) is 0 Å². The molecule has 0 bridgehead atoms. The van der Waals surface area contributed by atoms with Crippen molar-refractivity contribution in [3.63, 3.8) is 0 Å². The molecule has 128 valence electrons. The largest absolute Gasteiger partial charge is 0.303 e. The van der Waals surface area contributed by atoms with Gasteiger partial charge in [-0.3, -0.25) is 0 Å². The van der Waals surface area contributed by atoms with Crippen LogP contribution in [0.15, 0.2) is 36.9 Å². The first-order valence-corrected chi connectivity index (χ1v) is 8.68. The van der Waals surface area contributed by atoms with Gasteiger partial charge in [-0.2, -0.15) is 0 Å². The van der Waals surface area contributed by atoms with Gasteiger partial charge in [0.2, 0.25) is 0 Å². The Morgan fingerprint density at radius 2 is 1.23 bits per heavy atom. The van der Waals surface area contributed by atoms with Crippen molar-refractivity contribution < 1.29 is 0 Å². The minimum absolute atomic E-state index is 0. The second kappa shape index (κ2) is 18.3. The molecule has 2 heteroatoms. The third kappa shape index (κ3) is 14.2. The van der Waals surface area contributed by atoms with E-state index >= 15 is 0 Å². The van der Waals surface area contributed by atoms with Gasteiger partial charge in [-0.15, -0.1) is 12.4 Å². The van der Waals surface area contributed by atoms with Crippen LogP contribution < -0.4 is 0 Å². The van der Waals surface area contributed by atoms with E-state index in [1.165, 1.54) is 63.7 Å². The summed E-state index contributed by atoms with van der Waals surface area (Å²) in [6.07, 6.45) is 9.92. The summed E-state index contributed by atoms with van der Waals surface area (Å²) in [4.78, 5) is 2.64. The summed E-state index contributed by atoms with van der Waals surface area (Å²) >= 11 is 0. The lowest BCUT2D eigenvalue weighted by molar-refractivity contribution is 0.261. The summed E-state index contributed by atoms with van der Waals surface area (Å²) in [6.45, 7) is 14.4. The molecule has 0 heterocycles. The number of benzene rings is 1. The molecule has 0 unspecified atom stereocenters. The first-order chi connectivity index (χ1) is 10.3. The van der Waals surface area contributed by atoms with Gasteiger partial charge in [0.05, 0.1) is 0 Å². The number of hydrogen-bond acceptors (Lipinski definition) is 1. The van der Waals surface area contributed by atoms with Gasteiger partial charge in [0, 0.05) is 0 Å². The minimum Gasteiger partial charge on any atom is -0.303 e. The second-order valence-corrected chi connectivity index (χ2v) is 5.52. The van der Waals surface area contributed by atoms with Gasteiger partial charge in [0.25, 0.3) is 0 Å². The van der Waals surface area contributed by atoms with Crippen LogP contribution in [-0.2, 0) is 0 Å². The number of rotatable bonds is 10. The van der Waals surface area contributed by atoms with Crippen molar-refractivity contribution in [2.45, 2.75) is 59.3 Å². The lowest BCUT2D eigenvalue weighted by Crippen LogP contribution is -2.27. The molecule has 0 spiro atoms. The zero-order chi connectivity index (χ0) is 15.8. The predicted octanol–water partition coefficient (Wildman–Crippen LogP) is 6.44. The van der Waals surface area contributed by atoms with Gasteiger partial charge in [0.1, 0.15) is 0 Å². The Morgan fingerprint density at radius 3 is 1.50 bits per heavy atom. The Hall–Kier alpha value is -0.790. The summed E-state index contributed by atoms with van der Waals surface area (Å²) in [5.41, 5.74) is 1.17. The maximum atomic E-state index is 3.63. The quantitative estimate of drug-likeness (QED) is 0.478. The van der Waals surface area contributed by atoms with E-state index in [-0.39, 0.29) is 12.4 Å². The molecule has 0 N–H and O–H groups in total. The number of halogens is 1. The first kappa shape index (κ1) is 23.5. The van der Waals surface area contributed by atoms with E-state index in [0.717, 1.165) is 0 Å². The molecule has 1 rings (SSSR count). The topological polar surface area (TPSA) is 3.24 Å². The zero-order valence-electron chi connectivity index (χ0n) is 14.9. The summed E-state index contributed by atoms with van der Waals surface area (Å²) in [5.74, 6) is 0. The number of unbranched alkanes of at least 4 members (excludes halogenated alkanes) is 3. The lowest BCUT2D eigenvalue weighted by Gasteiger charge is -2.21. The summed E-state index contributed by atoms with van der Waals surface area (Å²) in [6, 6.07) is 10.0. The molecule has 0 fully saturated rings. The first-order valence-electron chi connectivity index (χ1n) is 8.68. The van der Waals surface area contributed by atoms with Crippen molar-refractivity contribution in [3.8, 4) is 0 Å². The number of nitrogens with zero attached hydrogens (tertiary/aromatic N) is 1. The fourth-order valence-corrected chi connectivity index (χ4v) is 2.07. The van der Waals surface area contributed by atoms with Crippen molar-refractivity contribution >= 4 is 18.5 Å². The average molecular weight is 326 g/mol. The molecule has 22 heavy (non-hydrogen) atoms. The predicted molar refractivity (Wildman–Crippen MR) is 105 cm³/mol. The van der Waals surface area contributed by atoms with Crippen LogP contribution in [0.3, 0.4) is 0 Å². The summed E-state index contributed by atoms with van der Waals surface area (Å²) in [7, 11) is 0. The highest BCUT2D eigenvalue weighted by Crippen LogP contribution is 2.01. The molecular weight excluding hydrogens is 290 g/mol. The Balaban J connectivity index is 0. The van der Waals surface area contributed by atoms with Gasteiger partial charge < -0.3 is 4.90 Å². The standard InChI is InChI=1S/C12H27N.C8H8.ClH/c1-4-7-10-13(11-8-5-2)12-9-6-3;1-2-8-6-4-3-5-7-8;/h4-12H2,1-3H3;2-7H,1H2;1H. The Kier molecular flexibility index (Phi) is 19.5. The molecule has 0 saturated heterocycles. The Bertz CT molecular complexity index is 305. The Labute approximate surface area is 145 Å². The summed E-state index contributed by atoms with van der Waals surface area (Å²) in [5, 5.41) is 0. The van der Waals surface area contributed by atoms with E-state index in [1.54, 1.807) is 0 Å². The van der Waals surface area contributed by atoms with Gasteiger partial charge >= 0.3 is 0 Å². The van der Waals surface area contributed by atoms with Gasteiger partial charge in [-0.05, 0) is 44.5 Å². The third-order valence-corrected chi connectivity index (χ3v) is 3.52. The fraction of sp³-hybridized carbons (Fsp3) is 0.600. The summed E-state index contributed by atoms with van der Waals surface area (Å²) < 4.78 is 0. The molecule has 0 aliphatic heterocycles. The number of hydrogen-bond donors (Lipinski definition) is 0. The molecule has 1 nitrogen and oxygen atoms in total. The van der Waals surface area contributed by atoms with Crippen molar-refractivity contribution in [1.29, 1.82) is 0 Å². The monoisotopic (exact) mass is 325 g/mol. The molecule has 1 aromatic rings. The average Bonchev–Trinajstić information content (AvgIpc) is 2.55. The molecular formula is C20H36ClN. The Morgan fingerprint density at radius 1 is 0.818 bits per heavy atom. The maximum absolute atomic E-state index is 3.63. The highest BCUT2D eigenvalue weighted by Gasteiger charge is 2.01. The van der Waals surface area contributed by atoms with Gasteiger partial charge in [-0.25, -0.2) is 0 Å². The molecule has 0 amide bonds. The van der Waals surface area contributed by atoms with E-state index in [9.17, 15) is 0 Å². The smallest absolute Gasteiger partial charge is 0.00188 e. The van der Waals surface area contributed by atoms with Gasteiger partial charge in [-0.1, -0.05) is 83.0 Å². The highest BCUT2D eigenvalue weighted by molar-refractivity contribution is 5.85. The van der Waals surface area contributed by atoms with Crippen LogP contribution in [0.2, 0.25) is 0 Å². The molecule has 0 saturated carbocycles. The SMILES string of the molecule is C=Cc1ccccc1.CCCCN(CCCC)CCCC.Cl. The van der Waals surface area contributed by atoms with Crippen LogP contribution >= 0.6 is 12.4 Å². The van der Waals surface area contributed by atoms with Crippen LogP contribution in [-0.4, -0.2) is 24.5 Å². The molecule has 0 aromatic heterocycles. The molecule has 0 aliphatic carbocycles. The van der Waals surface area contributed by atoms with Crippen LogP contribution in [0.25, 0.3) is 6.08 Å². The van der Waals surface area contributed by atoms with Crippen LogP contribution in [0.4, 0.5) is 0 Å². The van der Waals surface area contributed by atoms with Crippen LogP contribution in [0.1, 0.15) is 64.9 Å². The molecule has 0 radical (unpaired) electrons. The van der Waals surface area contributed by atoms with E-state index in [1.807, 2.05) is 36.4 Å². The van der Waals surface area contributed by atoms with E-state index in [2.05, 4.69) is 32.3 Å². The van der Waals surface area contributed by atoms with E-state index < -0.39 is 0 Å².